The van der Waals surface area contributed by atoms with Crippen LogP contribution in [0.15, 0.2) is 54.7 Å². The van der Waals surface area contributed by atoms with Crippen LogP contribution in [0, 0.1) is 5.82 Å². The summed E-state index contributed by atoms with van der Waals surface area (Å²) in [6.45, 7) is 1.54. The van der Waals surface area contributed by atoms with E-state index in [9.17, 15) is 14.0 Å². The van der Waals surface area contributed by atoms with Crippen molar-refractivity contribution in [2.45, 2.75) is 13.0 Å². The lowest BCUT2D eigenvalue weighted by Gasteiger charge is -2.15. The summed E-state index contributed by atoms with van der Waals surface area (Å²) in [5, 5.41) is 6.23. The van der Waals surface area contributed by atoms with Gasteiger partial charge in [-0.3, -0.25) is 9.59 Å². The number of anilines is 1. The summed E-state index contributed by atoms with van der Waals surface area (Å²) >= 11 is 0. The molecule has 0 saturated carbocycles. The Bertz CT molecular complexity index is 904. The van der Waals surface area contributed by atoms with Crippen molar-refractivity contribution in [1.82, 2.24) is 10.3 Å². The zero-order chi connectivity index (χ0) is 17.1. The molecule has 1 unspecified atom stereocenters. The average molecular weight is 325 g/mol. The van der Waals surface area contributed by atoms with Crippen LogP contribution in [0.3, 0.4) is 0 Å². The molecule has 3 rings (SSSR count). The number of amides is 2. The molecule has 1 aromatic heterocycles. The predicted octanol–water partition coefficient (Wildman–Crippen LogP) is 3.06. The van der Waals surface area contributed by atoms with Gasteiger partial charge in [-0.05, 0) is 31.2 Å². The molecule has 3 N–H and O–H groups in total. The summed E-state index contributed by atoms with van der Waals surface area (Å²) in [6, 6.07) is 12.2. The molecule has 6 heteroatoms. The van der Waals surface area contributed by atoms with Crippen molar-refractivity contribution in [1.29, 1.82) is 0 Å². The number of aromatic amines is 1. The monoisotopic (exact) mass is 325 g/mol. The fourth-order valence-electron chi connectivity index (χ4n) is 2.42. The minimum absolute atomic E-state index is 0.0939. The first-order chi connectivity index (χ1) is 11.6. The molecular formula is C18H16FN3O2. The van der Waals surface area contributed by atoms with Crippen LogP contribution in [0.1, 0.15) is 17.3 Å². The Morgan fingerprint density at radius 1 is 1.08 bits per heavy atom. The molecule has 24 heavy (non-hydrogen) atoms. The van der Waals surface area contributed by atoms with Gasteiger partial charge < -0.3 is 15.6 Å². The van der Waals surface area contributed by atoms with Gasteiger partial charge in [0.2, 0.25) is 5.91 Å². The van der Waals surface area contributed by atoms with Crippen LogP contribution < -0.4 is 10.6 Å². The number of carbonyl (C=O) groups excluding carboxylic acids is 2. The van der Waals surface area contributed by atoms with E-state index in [1.54, 1.807) is 25.3 Å². The Balaban J connectivity index is 1.70. The number of fused-ring (bicyclic) bond motifs is 1. The van der Waals surface area contributed by atoms with Crippen LogP contribution in [0.2, 0.25) is 0 Å². The highest BCUT2D eigenvalue weighted by atomic mass is 19.1. The van der Waals surface area contributed by atoms with Crippen molar-refractivity contribution >= 4 is 28.4 Å². The molecule has 5 nitrogen and oxygen atoms in total. The maximum atomic E-state index is 13.6. The van der Waals surface area contributed by atoms with Gasteiger partial charge in [0.1, 0.15) is 11.9 Å². The van der Waals surface area contributed by atoms with E-state index in [1.165, 1.54) is 18.2 Å². The number of H-pyrrole nitrogens is 1. The fraction of sp³-hybridized carbons (Fsp3) is 0.111. The second-order valence-electron chi connectivity index (χ2n) is 5.41. The summed E-state index contributed by atoms with van der Waals surface area (Å²) in [6.07, 6.45) is 1.78. The molecular weight excluding hydrogens is 309 g/mol. The highest BCUT2D eigenvalue weighted by Gasteiger charge is 2.19. The van der Waals surface area contributed by atoms with Gasteiger partial charge in [-0.25, -0.2) is 4.39 Å². The van der Waals surface area contributed by atoms with Crippen molar-refractivity contribution in [2.24, 2.45) is 0 Å². The van der Waals surface area contributed by atoms with Gasteiger partial charge in [-0.1, -0.05) is 24.3 Å². The molecule has 3 aromatic rings. The van der Waals surface area contributed by atoms with Gasteiger partial charge in [0.05, 0.1) is 16.8 Å². The molecule has 2 aromatic carbocycles. The summed E-state index contributed by atoms with van der Waals surface area (Å²) in [4.78, 5) is 27.4. The van der Waals surface area contributed by atoms with Crippen molar-refractivity contribution in [3.05, 3.63) is 66.1 Å². The number of hydrogen-bond donors (Lipinski definition) is 3. The molecule has 0 aliphatic carbocycles. The van der Waals surface area contributed by atoms with E-state index in [1.807, 2.05) is 18.2 Å². The molecule has 0 aliphatic rings. The normalized spacial score (nSPS) is 11.9. The van der Waals surface area contributed by atoms with Crippen molar-refractivity contribution < 1.29 is 14.0 Å². The van der Waals surface area contributed by atoms with Gasteiger partial charge in [0, 0.05) is 11.6 Å². The molecule has 0 saturated heterocycles. The minimum atomic E-state index is -0.817. The van der Waals surface area contributed by atoms with Crippen LogP contribution >= 0.6 is 0 Å². The van der Waals surface area contributed by atoms with Crippen molar-refractivity contribution in [2.75, 3.05) is 5.32 Å². The number of hydrogen-bond acceptors (Lipinski definition) is 2. The van der Waals surface area contributed by atoms with Gasteiger partial charge in [-0.15, -0.1) is 0 Å². The second kappa shape index (κ2) is 6.54. The number of halogens is 1. The zero-order valence-electron chi connectivity index (χ0n) is 13.0. The van der Waals surface area contributed by atoms with E-state index in [0.29, 0.717) is 5.69 Å². The van der Waals surface area contributed by atoms with Gasteiger partial charge in [0.25, 0.3) is 5.91 Å². The molecule has 0 spiro atoms. The van der Waals surface area contributed by atoms with E-state index in [4.69, 9.17) is 0 Å². The van der Waals surface area contributed by atoms with E-state index in [2.05, 4.69) is 15.6 Å². The van der Waals surface area contributed by atoms with Gasteiger partial charge in [-0.2, -0.15) is 0 Å². The molecule has 0 fully saturated rings. The van der Waals surface area contributed by atoms with Crippen molar-refractivity contribution in [3.63, 3.8) is 0 Å². The molecule has 0 radical (unpaired) electrons. The number of carbonyl (C=O) groups is 2. The predicted molar refractivity (Wildman–Crippen MR) is 90.3 cm³/mol. The molecule has 1 atom stereocenters. The number of aromatic nitrogens is 1. The maximum Gasteiger partial charge on any atom is 0.254 e. The Morgan fingerprint density at radius 3 is 2.67 bits per heavy atom. The summed E-state index contributed by atoms with van der Waals surface area (Å²) in [5.41, 5.74) is 1.33. The van der Waals surface area contributed by atoms with Crippen molar-refractivity contribution in [3.8, 4) is 0 Å². The number of nitrogens with one attached hydrogen (secondary N) is 3. The Labute approximate surface area is 137 Å². The lowest BCUT2D eigenvalue weighted by Crippen LogP contribution is -2.41. The quantitative estimate of drug-likeness (QED) is 0.690. The lowest BCUT2D eigenvalue weighted by atomic mass is 10.1. The summed E-state index contributed by atoms with van der Waals surface area (Å²) in [5.74, 6) is -1.64. The Kier molecular flexibility index (Phi) is 4.29. The summed E-state index contributed by atoms with van der Waals surface area (Å²) < 4.78 is 13.6. The standard InChI is InChI=1S/C18H16FN3O2/c1-11(21-18(24)13-6-2-3-7-14(13)19)17(23)22-15-8-4-5-12-9-10-20-16(12)15/h2-11,20H,1H3,(H,21,24)(H,22,23). The largest absolute Gasteiger partial charge is 0.359 e. The van der Waals surface area contributed by atoms with Crippen LogP contribution in [0.25, 0.3) is 10.9 Å². The molecule has 0 aliphatic heterocycles. The Morgan fingerprint density at radius 2 is 1.88 bits per heavy atom. The fourth-order valence-corrected chi connectivity index (χ4v) is 2.42. The molecule has 2 amide bonds. The zero-order valence-corrected chi connectivity index (χ0v) is 13.0. The van der Waals surface area contributed by atoms with E-state index in [0.717, 1.165) is 10.9 Å². The number of para-hydroxylation sites is 1. The second-order valence-corrected chi connectivity index (χ2v) is 5.41. The first-order valence-corrected chi connectivity index (χ1v) is 7.48. The highest BCUT2D eigenvalue weighted by Crippen LogP contribution is 2.21. The number of benzene rings is 2. The molecule has 1 heterocycles. The van der Waals surface area contributed by atoms with E-state index < -0.39 is 17.8 Å². The number of rotatable bonds is 4. The van der Waals surface area contributed by atoms with Gasteiger partial charge >= 0.3 is 0 Å². The smallest absolute Gasteiger partial charge is 0.254 e. The van der Waals surface area contributed by atoms with Crippen LogP contribution in [0.5, 0.6) is 0 Å². The van der Waals surface area contributed by atoms with Crippen LogP contribution in [0.4, 0.5) is 10.1 Å². The van der Waals surface area contributed by atoms with E-state index in [-0.39, 0.29) is 11.5 Å². The third-order valence-corrected chi connectivity index (χ3v) is 3.70. The third-order valence-electron chi connectivity index (χ3n) is 3.70. The van der Waals surface area contributed by atoms with E-state index >= 15 is 0 Å². The van der Waals surface area contributed by atoms with Crippen LogP contribution in [-0.4, -0.2) is 22.8 Å². The molecule has 122 valence electrons. The van der Waals surface area contributed by atoms with Crippen LogP contribution in [-0.2, 0) is 4.79 Å². The maximum absolute atomic E-state index is 13.6. The summed E-state index contributed by atoms with van der Waals surface area (Å²) in [7, 11) is 0. The minimum Gasteiger partial charge on any atom is -0.359 e. The third kappa shape index (κ3) is 3.12. The topological polar surface area (TPSA) is 74.0 Å². The lowest BCUT2D eigenvalue weighted by molar-refractivity contribution is -0.117. The highest BCUT2D eigenvalue weighted by molar-refractivity contribution is 6.04. The first kappa shape index (κ1) is 15.7. The van der Waals surface area contributed by atoms with Gasteiger partial charge in [0.15, 0.2) is 0 Å². The molecule has 0 bridgehead atoms. The average Bonchev–Trinajstić information content (AvgIpc) is 3.04. The Hall–Kier alpha value is -3.15. The first-order valence-electron chi connectivity index (χ1n) is 7.48. The SMILES string of the molecule is CC(NC(=O)c1ccccc1F)C(=O)Nc1cccc2cc[nH]c12.